The molecule has 1 rings (SSSR count). The number of rotatable bonds is 12. The fourth-order valence-electron chi connectivity index (χ4n) is 2.48. The maximum atomic E-state index is 8.88. The zero-order valence-corrected chi connectivity index (χ0v) is 16.7. The van der Waals surface area contributed by atoms with Crippen molar-refractivity contribution in [2.45, 2.75) is 46.6 Å². The monoisotopic (exact) mass is 365 g/mol. The standard InChI is InChI=1S/C20H35N3O3/c1-5-21-20(22-11-7-6-8-16(2)3)23-15-17-9-10-18(26-13-12-24)19(14-17)25-4/h9-10,14,16,24H,5-8,11-13,15H2,1-4H3,(H2,21,22,23). The van der Waals surface area contributed by atoms with Crippen molar-refractivity contribution in [1.29, 1.82) is 0 Å². The molecule has 0 bridgehead atoms. The van der Waals surface area contributed by atoms with Gasteiger partial charge in [0, 0.05) is 13.1 Å². The van der Waals surface area contributed by atoms with Crippen LogP contribution in [0.15, 0.2) is 23.2 Å². The summed E-state index contributed by atoms with van der Waals surface area (Å²) < 4.78 is 10.8. The molecule has 0 aliphatic carbocycles. The van der Waals surface area contributed by atoms with E-state index in [4.69, 9.17) is 14.6 Å². The number of unbranched alkanes of at least 4 members (excludes halogenated alkanes) is 1. The molecule has 0 saturated carbocycles. The SMILES string of the molecule is CCNC(=NCc1ccc(OCCO)c(OC)c1)NCCCCC(C)C. The van der Waals surface area contributed by atoms with E-state index in [1.807, 2.05) is 18.2 Å². The van der Waals surface area contributed by atoms with Crippen LogP contribution in [0.2, 0.25) is 0 Å². The molecule has 3 N–H and O–H groups in total. The van der Waals surface area contributed by atoms with Crippen LogP contribution in [0, 0.1) is 5.92 Å². The Morgan fingerprint density at radius 2 is 2.00 bits per heavy atom. The second kappa shape index (κ2) is 13.3. The van der Waals surface area contributed by atoms with Crippen LogP contribution in [-0.4, -0.2) is 44.5 Å². The Hall–Kier alpha value is -1.95. The molecule has 0 fully saturated rings. The number of hydrogen-bond acceptors (Lipinski definition) is 4. The second-order valence-electron chi connectivity index (χ2n) is 6.57. The predicted molar refractivity (Wildman–Crippen MR) is 107 cm³/mol. The van der Waals surface area contributed by atoms with Gasteiger partial charge in [-0.1, -0.05) is 32.8 Å². The van der Waals surface area contributed by atoms with Gasteiger partial charge in [0.1, 0.15) is 6.61 Å². The van der Waals surface area contributed by atoms with E-state index in [0.29, 0.717) is 18.0 Å². The zero-order chi connectivity index (χ0) is 19.2. The quantitative estimate of drug-likeness (QED) is 0.302. The summed E-state index contributed by atoms with van der Waals surface area (Å²) in [6.45, 7) is 9.11. The molecule has 1 aromatic rings. The summed E-state index contributed by atoms with van der Waals surface area (Å²) in [5.41, 5.74) is 1.04. The lowest BCUT2D eigenvalue weighted by molar-refractivity contribution is 0.196. The normalized spacial score (nSPS) is 11.5. The van der Waals surface area contributed by atoms with E-state index in [0.717, 1.165) is 37.0 Å². The fourth-order valence-corrected chi connectivity index (χ4v) is 2.48. The Balaban J connectivity index is 2.59. The van der Waals surface area contributed by atoms with E-state index in [9.17, 15) is 0 Å². The summed E-state index contributed by atoms with van der Waals surface area (Å²) in [5, 5.41) is 15.5. The lowest BCUT2D eigenvalue weighted by atomic mass is 10.1. The van der Waals surface area contributed by atoms with Gasteiger partial charge < -0.3 is 25.2 Å². The van der Waals surface area contributed by atoms with E-state index in [1.165, 1.54) is 12.8 Å². The molecule has 0 aliphatic rings. The van der Waals surface area contributed by atoms with Gasteiger partial charge in [0.05, 0.1) is 20.3 Å². The van der Waals surface area contributed by atoms with Crippen molar-refractivity contribution in [2.75, 3.05) is 33.4 Å². The van der Waals surface area contributed by atoms with Crippen molar-refractivity contribution in [3.63, 3.8) is 0 Å². The average molecular weight is 366 g/mol. The van der Waals surface area contributed by atoms with E-state index >= 15 is 0 Å². The zero-order valence-electron chi connectivity index (χ0n) is 16.7. The van der Waals surface area contributed by atoms with Gasteiger partial charge in [-0.25, -0.2) is 4.99 Å². The summed E-state index contributed by atoms with van der Waals surface area (Å²) >= 11 is 0. The topological polar surface area (TPSA) is 75.1 Å². The minimum Gasteiger partial charge on any atom is -0.493 e. The number of aliphatic imine (C=N–C) groups is 1. The van der Waals surface area contributed by atoms with Gasteiger partial charge in [-0.15, -0.1) is 0 Å². The van der Waals surface area contributed by atoms with E-state index in [-0.39, 0.29) is 13.2 Å². The van der Waals surface area contributed by atoms with Crippen LogP contribution in [0.3, 0.4) is 0 Å². The first-order chi connectivity index (χ1) is 12.6. The summed E-state index contributed by atoms with van der Waals surface area (Å²) in [4.78, 5) is 4.64. The van der Waals surface area contributed by atoms with Crippen molar-refractivity contribution in [1.82, 2.24) is 10.6 Å². The Morgan fingerprint density at radius 1 is 1.19 bits per heavy atom. The van der Waals surface area contributed by atoms with Gasteiger partial charge >= 0.3 is 0 Å². The van der Waals surface area contributed by atoms with Gasteiger partial charge in [0.25, 0.3) is 0 Å². The Kier molecular flexibility index (Phi) is 11.3. The highest BCUT2D eigenvalue weighted by molar-refractivity contribution is 5.79. The highest BCUT2D eigenvalue weighted by atomic mass is 16.5. The molecule has 0 aliphatic heterocycles. The van der Waals surface area contributed by atoms with Gasteiger partial charge in [-0.2, -0.15) is 0 Å². The first-order valence-corrected chi connectivity index (χ1v) is 9.53. The molecule has 6 nitrogen and oxygen atoms in total. The highest BCUT2D eigenvalue weighted by Gasteiger charge is 2.06. The Bertz CT molecular complexity index is 533. The third-order valence-electron chi connectivity index (χ3n) is 3.84. The van der Waals surface area contributed by atoms with Crippen LogP contribution < -0.4 is 20.1 Å². The number of aliphatic hydroxyl groups excluding tert-OH is 1. The third kappa shape index (κ3) is 8.94. The van der Waals surface area contributed by atoms with E-state index in [1.54, 1.807) is 7.11 Å². The van der Waals surface area contributed by atoms with Gasteiger partial charge in [0.15, 0.2) is 17.5 Å². The van der Waals surface area contributed by atoms with Crippen molar-refractivity contribution in [3.05, 3.63) is 23.8 Å². The second-order valence-corrected chi connectivity index (χ2v) is 6.57. The summed E-state index contributed by atoms with van der Waals surface area (Å²) in [6.07, 6.45) is 3.64. The number of nitrogens with zero attached hydrogens (tertiary/aromatic N) is 1. The van der Waals surface area contributed by atoms with Crippen molar-refractivity contribution in [2.24, 2.45) is 10.9 Å². The van der Waals surface area contributed by atoms with E-state index in [2.05, 4.69) is 36.4 Å². The number of guanidine groups is 1. The molecular weight excluding hydrogens is 330 g/mol. The number of benzene rings is 1. The summed E-state index contributed by atoms with van der Waals surface area (Å²) in [5.74, 6) is 2.87. The maximum absolute atomic E-state index is 8.88. The van der Waals surface area contributed by atoms with Crippen molar-refractivity contribution >= 4 is 5.96 Å². The molecule has 0 amide bonds. The average Bonchev–Trinajstić information content (AvgIpc) is 2.64. The molecule has 6 heteroatoms. The Labute approximate surface area is 158 Å². The summed E-state index contributed by atoms with van der Waals surface area (Å²) in [6, 6.07) is 5.74. The number of hydrogen-bond donors (Lipinski definition) is 3. The van der Waals surface area contributed by atoms with Crippen LogP contribution >= 0.6 is 0 Å². The molecule has 0 unspecified atom stereocenters. The smallest absolute Gasteiger partial charge is 0.191 e. The number of aliphatic hydroxyl groups is 1. The largest absolute Gasteiger partial charge is 0.493 e. The lowest BCUT2D eigenvalue weighted by Crippen LogP contribution is -2.37. The van der Waals surface area contributed by atoms with Crippen molar-refractivity contribution < 1.29 is 14.6 Å². The molecule has 0 radical (unpaired) electrons. The van der Waals surface area contributed by atoms with Crippen LogP contribution in [0.4, 0.5) is 0 Å². The van der Waals surface area contributed by atoms with Gasteiger partial charge in [-0.3, -0.25) is 0 Å². The molecule has 148 valence electrons. The third-order valence-corrected chi connectivity index (χ3v) is 3.84. The maximum Gasteiger partial charge on any atom is 0.191 e. The lowest BCUT2D eigenvalue weighted by Gasteiger charge is -2.13. The Morgan fingerprint density at radius 3 is 2.65 bits per heavy atom. The highest BCUT2D eigenvalue weighted by Crippen LogP contribution is 2.28. The molecule has 0 spiro atoms. The molecule has 0 heterocycles. The molecular formula is C20H35N3O3. The minimum absolute atomic E-state index is 0.0237. The van der Waals surface area contributed by atoms with Crippen LogP contribution in [0.25, 0.3) is 0 Å². The molecule has 26 heavy (non-hydrogen) atoms. The van der Waals surface area contributed by atoms with E-state index < -0.39 is 0 Å². The van der Waals surface area contributed by atoms with Crippen molar-refractivity contribution in [3.8, 4) is 11.5 Å². The number of methoxy groups -OCH3 is 1. The van der Waals surface area contributed by atoms with Crippen LogP contribution in [0.1, 0.15) is 45.6 Å². The molecule has 0 saturated heterocycles. The molecule has 1 aromatic carbocycles. The fraction of sp³-hybridized carbons (Fsp3) is 0.650. The molecule has 0 aromatic heterocycles. The predicted octanol–water partition coefficient (Wildman–Crippen LogP) is 2.95. The first-order valence-electron chi connectivity index (χ1n) is 9.53. The number of nitrogens with one attached hydrogen (secondary N) is 2. The first kappa shape index (κ1) is 22.1. The minimum atomic E-state index is -0.0237. The number of ether oxygens (including phenoxy) is 2. The van der Waals surface area contributed by atoms with Crippen LogP contribution in [-0.2, 0) is 6.54 Å². The van der Waals surface area contributed by atoms with Crippen LogP contribution in [0.5, 0.6) is 11.5 Å². The molecule has 0 atom stereocenters. The van der Waals surface area contributed by atoms with Gasteiger partial charge in [-0.05, 0) is 37.0 Å². The van der Waals surface area contributed by atoms with Gasteiger partial charge in [0.2, 0.25) is 0 Å². The summed E-state index contributed by atoms with van der Waals surface area (Å²) in [7, 11) is 1.61.